The van der Waals surface area contributed by atoms with Crippen molar-refractivity contribution < 1.29 is 0 Å². The first kappa shape index (κ1) is 8.75. The lowest BCUT2D eigenvalue weighted by molar-refractivity contribution is 1.25. The highest BCUT2D eigenvalue weighted by molar-refractivity contribution is 9.10. The van der Waals surface area contributed by atoms with Crippen molar-refractivity contribution in [3.8, 4) is 0 Å². The van der Waals surface area contributed by atoms with Crippen molar-refractivity contribution in [1.29, 1.82) is 0 Å². The summed E-state index contributed by atoms with van der Waals surface area (Å²) in [5.74, 6) is 0.412. The van der Waals surface area contributed by atoms with Gasteiger partial charge in [0.05, 0.1) is 5.69 Å². The van der Waals surface area contributed by atoms with Crippen molar-refractivity contribution >= 4 is 33.1 Å². The van der Waals surface area contributed by atoms with Gasteiger partial charge >= 0.3 is 0 Å². The molecule has 1 aromatic rings. The molecule has 58 valence electrons. The minimum absolute atomic E-state index is 0.412. The zero-order valence-corrected chi connectivity index (χ0v) is 8.19. The number of alkyl halides is 1. The molecule has 0 atom stereocenters. The lowest BCUT2D eigenvalue weighted by atomic mass is 10.2. The lowest BCUT2D eigenvalue weighted by Gasteiger charge is -2.01. The third-order valence-electron chi connectivity index (χ3n) is 1.25. The molecule has 0 saturated heterocycles. The molecule has 1 nitrogen and oxygen atoms in total. The van der Waals surface area contributed by atoms with Crippen LogP contribution in [0.25, 0.3) is 5.57 Å². The second-order valence-corrected chi connectivity index (χ2v) is 3.19. The minimum atomic E-state index is 0.412. The van der Waals surface area contributed by atoms with E-state index in [1.807, 2.05) is 12.1 Å². The standard InChI is InChI=1S/C8H7BrClN/c1-6(5-10)8-7(9)3-2-4-11-8/h2-4H,1,5H2. The maximum atomic E-state index is 5.60. The van der Waals surface area contributed by atoms with Crippen LogP contribution in [0, 0.1) is 0 Å². The molecule has 11 heavy (non-hydrogen) atoms. The van der Waals surface area contributed by atoms with E-state index >= 15 is 0 Å². The van der Waals surface area contributed by atoms with Crippen molar-refractivity contribution in [1.82, 2.24) is 4.98 Å². The van der Waals surface area contributed by atoms with Crippen molar-refractivity contribution in [3.63, 3.8) is 0 Å². The molecule has 0 bridgehead atoms. The van der Waals surface area contributed by atoms with Crippen LogP contribution in [0.2, 0.25) is 0 Å². The van der Waals surface area contributed by atoms with Gasteiger partial charge in [-0.05, 0) is 33.6 Å². The molecule has 3 heteroatoms. The Balaban J connectivity index is 3.03. The van der Waals surface area contributed by atoms with Crippen LogP contribution in [0.4, 0.5) is 0 Å². The quantitative estimate of drug-likeness (QED) is 0.714. The van der Waals surface area contributed by atoms with Gasteiger partial charge in [-0.3, -0.25) is 4.98 Å². The van der Waals surface area contributed by atoms with Crippen molar-refractivity contribution in [2.75, 3.05) is 5.88 Å². The van der Waals surface area contributed by atoms with E-state index in [1.54, 1.807) is 6.20 Å². The fourth-order valence-corrected chi connectivity index (χ4v) is 1.37. The predicted molar refractivity (Wildman–Crippen MR) is 51.7 cm³/mol. The van der Waals surface area contributed by atoms with E-state index in [2.05, 4.69) is 27.5 Å². The summed E-state index contributed by atoms with van der Waals surface area (Å²) in [5, 5.41) is 0. The average molecular weight is 233 g/mol. The lowest BCUT2D eigenvalue weighted by Crippen LogP contribution is -1.89. The number of pyridine rings is 1. The molecule has 0 unspecified atom stereocenters. The number of halogens is 2. The summed E-state index contributed by atoms with van der Waals surface area (Å²) in [4.78, 5) is 4.12. The normalized spacial score (nSPS) is 9.64. The number of rotatable bonds is 2. The molecular formula is C8H7BrClN. The maximum Gasteiger partial charge on any atom is 0.0809 e. The first-order chi connectivity index (χ1) is 5.25. The Morgan fingerprint density at radius 1 is 1.73 bits per heavy atom. The van der Waals surface area contributed by atoms with E-state index in [-0.39, 0.29) is 0 Å². The molecular weight excluding hydrogens is 225 g/mol. The van der Waals surface area contributed by atoms with Gasteiger partial charge in [0.2, 0.25) is 0 Å². The van der Waals surface area contributed by atoms with Crippen LogP contribution in [0.1, 0.15) is 5.69 Å². The van der Waals surface area contributed by atoms with Crippen molar-refractivity contribution in [3.05, 3.63) is 35.1 Å². The van der Waals surface area contributed by atoms with E-state index < -0.39 is 0 Å². The summed E-state index contributed by atoms with van der Waals surface area (Å²) in [6, 6.07) is 3.77. The molecule has 1 heterocycles. The van der Waals surface area contributed by atoms with Crippen molar-refractivity contribution in [2.45, 2.75) is 0 Å². The van der Waals surface area contributed by atoms with Gasteiger partial charge in [0.1, 0.15) is 0 Å². The minimum Gasteiger partial charge on any atom is -0.255 e. The monoisotopic (exact) mass is 231 g/mol. The molecule has 0 spiro atoms. The predicted octanol–water partition coefficient (Wildman–Crippen LogP) is 3.10. The Morgan fingerprint density at radius 2 is 2.45 bits per heavy atom. The Hall–Kier alpha value is -0.340. The van der Waals surface area contributed by atoms with Crippen LogP contribution in [0.3, 0.4) is 0 Å². The van der Waals surface area contributed by atoms with E-state index in [0.717, 1.165) is 15.7 Å². The largest absolute Gasteiger partial charge is 0.255 e. The second-order valence-electron chi connectivity index (χ2n) is 2.07. The van der Waals surface area contributed by atoms with Crippen LogP contribution < -0.4 is 0 Å². The molecule has 0 aliphatic rings. The fourth-order valence-electron chi connectivity index (χ4n) is 0.709. The highest BCUT2D eigenvalue weighted by atomic mass is 79.9. The molecule has 1 aromatic heterocycles. The maximum absolute atomic E-state index is 5.60. The second kappa shape index (κ2) is 3.88. The molecule has 0 aliphatic heterocycles. The van der Waals surface area contributed by atoms with Gasteiger partial charge in [0, 0.05) is 16.5 Å². The van der Waals surface area contributed by atoms with E-state index in [0.29, 0.717) is 5.88 Å². The topological polar surface area (TPSA) is 12.9 Å². The number of allylic oxidation sites excluding steroid dienone is 1. The molecule has 1 rings (SSSR count). The zero-order valence-electron chi connectivity index (χ0n) is 5.85. The van der Waals surface area contributed by atoms with Gasteiger partial charge in [-0.2, -0.15) is 0 Å². The van der Waals surface area contributed by atoms with E-state index in [4.69, 9.17) is 11.6 Å². The number of hydrogen-bond acceptors (Lipinski definition) is 1. The van der Waals surface area contributed by atoms with E-state index in [1.165, 1.54) is 0 Å². The first-order valence-corrected chi connectivity index (χ1v) is 4.43. The summed E-state index contributed by atoms with van der Waals surface area (Å²) >= 11 is 8.95. The van der Waals surface area contributed by atoms with Gasteiger partial charge in [-0.15, -0.1) is 11.6 Å². The number of nitrogens with zero attached hydrogens (tertiary/aromatic N) is 1. The Kier molecular flexibility index (Phi) is 3.09. The zero-order chi connectivity index (χ0) is 8.27. The molecule has 0 aliphatic carbocycles. The molecule has 0 amide bonds. The SMILES string of the molecule is C=C(CCl)c1ncccc1Br. The van der Waals surface area contributed by atoms with Crippen LogP contribution in [-0.4, -0.2) is 10.9 Å². The Bertz CT molecular complexity index is 273. The van der Waals surface area contributed by atoms with Crippen LogP contribution >= 0.6 is 27.5 Å². The number of aromatic nitrogens is 1. The van der Waals surface area contributed by atoms with Gasteiger partial charge in [0.15, 0.2) is 0 Å². The summed E-state index contributed by atoms with van der Waals surface area (Å²) in [5.41, 5.74) is 1.67. The average Bonchev–Trinajstić information content (AvgIpc) is 2.04. The van der Waals surface area contributed by atoms with Crippen LogP contribution in [0.15, 0.2) is 29.4 Å². The summed E-state index contributed by atoms with van der Waals surface area (Å²) < 4.78 is 0.936. The molecule has 0 saturated carbocycles. The Morgan fingerprint density at radius 3 is 3.00 bits per heavy atom. The highest BCUT2D eigenvalue weighted by Crippen LogP contribution is 2.20. The summed E-state index contributed by atoms with van der Waals surface area (Å²) in [7, 11) is 0. The van der Waals surface area contributed by atoms with Gasteiger partial charge in [0.25, 0.3) is 0 Å². The van der Waals surface area contributed by atoms with Gasteiger partial charge in [-0.1, -0.05) is 6.58 Å². The molecule has 0 aromatic carbocycles. The summed E-state index contributed by atoms with van der Waals surface area (Å²) in [6.07, 6.45) is 1.72. The number of hydrogen-bond donors (Lipinski definition) is 0. The van der Waals surface area contributed by atoms with Gasteiger partial charge < -0.3 is 0 Å². The highest BCUT2D eigenvalue weighted by Gasteiger charge is 2.02. The molecule has 0 radical (unpaired) electrons. The van der Waals surface area contributed by atoms with Crippen LogP contribution in [0.5, 0.6) is 0 Å². The molecule has 0 N–H and O–H groups in total. The van der Waals surface area contributed by atoms with Gasteiger partial charge in [-0.25, -0.2) is 0 Å². The first-order valence-electron chi connectivity index (χ1n) is 3.10. The summed E-state index contributed by atoms with van der Waals surface area (Å²) in [6.45, 7) is 3.78. The van der Waals surface area contributed by atoms with Crippen LogP contribution in [-0.2, 0) is 0 Å². The third-order valence-corrected chi connectivity index (χ3v) is 2.22. The molecule has 0 fully saturated rings. The van der Waals surface area contributed by atoms with E-state index in [9.17, 15) is 0 Å². The fraction of sp³-hybridized carbons (Fsp3) is 0.125. The van der Waals surface area contributed by atoms with Crippen molar-refractivity contribution in [2.24, 2.45) is 0 Å². The smallest absolute Gasteiger partial charge is 0.0809 e. The third kappa shape index (κ3) is 2.04. The Labute approximate surface area is 79.2 Å².